The average molecular weight is 353 g/mol. The number of carbonyl (C=O) groups excluding carboxylic acids is 1. The van der Waals surface area contributed by atoms with Crippen molar-refractivity contribution >= 4 is 33.8 Å². The molecule has 1 atom stereocenters. The van der Waals surface area contributed by atoms with E-state index in [0.717, 1.165) is 25.1 Å². The summed E-state index contributed by atoms with van der Waals surface area (Å²) in [5, 5.41) is 8.07. The smallest absolute Gasteiger partial charge is 0.256 e. The first-order chi connectivity index (χ1) is 12.1. The molecule has 1 aliphatic carbocycles. The van der Waals surface area contributed by atoms with Crippen molar-refractivity contribution in [1.82, 2.24) is 9.88 Å². The summed E-state index contributed by atoms with van der Waals surface area (Å²) in [5.41, 5.74) is 5.54. The molecule has 4 rings (SSSR count). The number of hydrogen-bond acceptors (Lipinski definition) is 3. The zero-order valence-corrected chi connectivity index (χ0v) is 15.5. The van der Waals surface area contributed by atoms with Crippen LogP contribution in [0.25, 0.3) is 10.9 Å². The maximum absolute atomic E-state index is 12.3. The lowest BCUT2D eigenvalue weighted by molar-refractivity contribution is 0.102. The van der Waals surface area contributed by atoms with Crippen LogP contribution in [0.5, 0.6) is 0 Å². The molecule has 0 saturated carbocycles. The van der Waals surface area contributed by atoms with Gasteiger partial charge >= 0.3 is 0 Å². The summed E-state index contributed by atoms with van der Waals surface area (Å²) in [6.07, 6.45) is 3.45. The molecule has 0 aliphatic heterocycles. The molecule has 1 unspecified atom stereocenters. The molecule has 2 N–H and O–H groups in total. The number of aromatic amines is 1. The number of thiophene rings is 1. The second-order valence-electron chi connectivity index (χ2n) is 7.18. The maximum atomic E-state index is 12.3. The van der Waals surface area contributed by atoms with E-state index in [2.05, 4.69) is 41.4 Å². The van der Waals surface area contributed by atoms with Crippen molar-refractivity contribution in [1.29, 1.82) is 0 Å². The Kier molecular flexibility index (Phi) is 4.36. The molecule has 25 heavy (non-hydrogen) atoms. The topological polar surface area (TPSA) is 48.1 Å². The van der Waals surface area contributed by atoms with Gasteiger partial charge in [-0.1, -0.05) is 0 Å². The zero-order valence-electron chi connectivity index (χ0n) is 14.6. The summed E-state index contributed by atoms with van der Waals surface area (Å²) in [7, 11) is 4.28. The van der Waals surface area contributed by atoms with E-state index in [1.807, 2.05) is 22.9 Å². The molecule has 2 heterocycles. The van der Waals surface area contributed by atoms with Gasteiger partial charge in [0.1, 0.15) is 0 Å². The summed E-state index contributed by atoms with van der Waals surface area (Å²) < 4.78 is 0. The van der Waals surface area contributed by atoms with Gasteiger partial charge in [-0.25, -0.2) is 0 Å². The first kappa shape index (κ1) is 16.4. The average Bonchev–Trinajstić information content (AvgIpc) is 3.22. The predicted molar refractivity (Wildman–Crippen MR) is 105 cm³/mol. The highest BCUT2D eigenvalue weighted by Crippen LogP contribution is 2.33. The highest BCUT2D eigenvalue weighted by atomic mass is 32.1. The van der Waals surface area contributed by atoms with Gasteiger partial charge in [-0.2, -0.15) is 11.3 Å². The lowest BCUT2D eigenvalue weighted by Gasteiger charge is -2.25. The molecule has 3 aromatic rings. The van der Waals surface area contributed by atoms with Gasteiger partial charge in [0.15, 0.2) is 0 Å². The zero-order chi connectivity index (χ0) is 17.4. The highest BCUT2D eigenvalue weighted by molar-refractivity contribution is 7.08. The number of anilines is 1. The molecule has 1 aliphatic rings. The summed E-state index contributed by atoms with van der Waals surface area (Å²) in [6.45, 7) is 1.13. The van der Waals surface area contributed by atoms with Gasteiger partial charge in [-0.05, 0) is 74.5 Å². The van der Waals surface area contributed by atoms with Crippen LogP contribution in [0, 0.1) is 5.92 Å². The molecule has 0 bridgehead atoms. The SMILES string of the molecule is CN(C)CC1CCc2[nH]c3ccc(NC(=O)c4ccsc4)cc3c2C1. The molecule has 130 valence electrons. The molecule has 2 aromatic heterocycles. The number of aryl methyl sites for hydroxylation is 1. The third-order valence-corrected chi connectivity index (χ3v) is 5.64. The number of fused-ring (bicyclic) bond motifs is 3. The van der Waals surface area contributed by atoms with Crippen LogP contribution >= 0.6 is 11.3 Å². The Morgan fingerprint density at radius 2 is 2.24 bits per heavy atom. The number of H-pyrrole nitrogens is 1. The van der Waals surface area contributed by atoms with Crippen LogP contribution in [0.1, 0.15) is 28.0 Å². The van der Waals surface area contributed by atoms with E-state index >= 15 is 0 Å². The molecular weight excluding hydrogens is 330 g/mol. The van der Waals surface area contributed by atoms with Crippen molar-refractivity contribution in [3.8, 4) is 0 Å². The third kappa shape index (κ3) is 3.34. The number of rotatable bonds is 4. The summed E-state index contributed by atoms with van der Waals surface area (Å²) in [4.78, 5) is 18.1. The van der Waals surface area contributed by atoms with Crippen molar-refractivity contribution in [3.63, 3.8) is 0 Å². The van der Waals surface area contributed by atoms with E-state index in [1.54, 1.807) is 0 Å². The largest absolute Gasteiger partial charge is 0.358 e. The normalized spacial score (nSPS) is 17.0. The Morgan fingerprint density at radius 1 is 1.36 bits per heavy atom. The minimum Gasteiger partial charge on any atom is -0.358 e. The van der Waals surface area contributed by atoms with Gasteiger partial charge in [-0.15, -0.1) is 0 Å². The number of aromatic nitrogens is 1. The van der Waals surface area contributed by atoms with Crippen molar-refractivity contribution in [3.05, 3.63) is 51.8 Å². The van der Waals surface area contributed by atoms with Gasteiger partial charge in [0, 0.05) is 34.2 Å². The van der Waals surface area contributed by atoms with Crippen LogP contribution in [0.15, 0.2) is 35.0 Å². The Morgan fingerprint density at radius 3 is 3.00 bits per heavy atom. The fourth-order valence-corrected chi connectivity index (χ4v) is 4.47. The van der Waals surface area contributed by atoms with Crippen molar-refractivity contribution in [2.24, 2.45) is 5.92 Å². The van der Waals surface area contributed by atoms with Crippen molar-refractivity contribution in [2.45, 2.75) is 19.3 Å². The second kappa shape index (κ2) is 6.65. The lowest BCUT2D eigenvalue weighted by Crippen LogP contribution is -2.26. The quantitative estimate of drug-likeness (QED) is 0.740. The molecule has 1 aromatic carbocycles. The van der Waals surface area contributed by atoms with E-state index < -0.39 is 0 Å². The standard InChI is InChI=1S/C20H23N3OS/c1-23(2)11-13-3-5-18-16(9-13)17-10-15(4-6-19(17)22-18)21-20(24)14-7-8-25-12-14/h4,6-8,10,12-13,22H,3,5,9,11H2,1-2H3,(H,21,24). The number of carbonyl (C=O) groups is 1. The molecular formula is C20H23N3OS. The number of amides is 1. The van der Waals surface area contributed by atoms with E-state index in [0.29, 0.717) is 11.5 Å². The summed E-state index contributed by atoms with van der Waals surface area (Å²) >= 11 is 1.54. The molecule has 1 amide bonds. The molecule has 0 spiro atoms. The van der Waals surface area contributed by atoms with Crippen LogP contribution in [0.2, 0.25) is 0 Å². The molecule has 0 radical (unpaired) electrons. The van der Waals surface area contributed by atoms with Gasteiger partial charge in [0.2, 0.25) is 0 Å². The van der Waals surface area contributed by atoms with E-state index in [-0.39, 0.29) is 5.91 Å². The third-order valence-electron chi connectivity index (χ3n) is 4.95. The predicted octanol–water partition coefficient (Wildman–Crippen LogP) is 4.15. The second-order valence-corrected chi connectivity index (χ2v) is 7.96. The van der Waals surface area contributed by atoms with Crippen LogP contribution in [-0.4, -0.2) is 36.4 Å². The lowest BCUT2D eigenvalue weighted by atomic mass is 9.86. The Hall–Kier alpha value is -2.11. The number of nitrogens with one attached hydrogen (secondary N) is 2. The Balaban J connectivity index is 1.61. The first-order valence-corrected chi connectivity index (χ1v) is 9.66. The van der Waals surface area contributed by atoms with E-state index in [1.165, 1.54) is 39.9 Å². The first-order valence-electron chi connectivity index (χ1n) is 8.72. The van der Waals surface area contributed by atoms with Crippen LogP contribution < -0.4 is 5.32 Å². The number of nitrogens with zero attached hydrogens (tertiary/aromatic N) is 1. The monoisotopic (exact) mass is 353 g/mol. The van der Waals surface area contributed by atoms with E-state index in [4.69, 9.17) is 0 Å². The molecule has 0 saturated heterocycles. The van der Waals surface area contributed by atoms with Crippen LogP contribution in [0.4, 0.5) is 5.69 Å². The fourth-order valence-electron chi connectivity index (χ4n) is 3.84. The molecule has 4 nitrogen and oxygen atoms in total. The summed E-state index contributed by atoms with van der Waals surface area (Å²) in [6, 6.07) is 8.03. The van der Waals surface area contributed by atoms with Crippen molar-refractivity contribution in [2.75, 3.05) is 26.0 Å². The van der Waals surface area contributed by atoms with Gasteiger partial charge in [-0.3, -0.25) is 4.79 Å². The Bertz CT molecular complexity index is 895. The summed E-state index contributed by atoms with van der Waals surface area (Å²) in [5.74, 6) is 0.654. The van der Waals surface area contributed by atoms with E-state index in [9.17, 15) is 4.79 Å². The van der Waals surface area contributed by atoms with Crippen molar-refractivity contribution < 1.29 is 4.79 Å². The molecule has 0 fully saturated rings. The van der Waals surface area contributed by atoms with Gasteiger partial charge in [0.05, 0.1) is 5.56 Å². The maximum Gasteiger partial charge on any atom is 0.256 e. The Labute approximate surface area is 151 Å². The van der Waals surface area contributed by atoms with Crippen LogP contribution in [0.3, 0.4) is 0 Å². The highest BCUT2D eigenvalue weighted by Gasteiger charge is 2.23. The minimum absolute atomic E-state index is 0.0458. The fraction of sp³-hybridized carbons (Fsp3) is 0.350. The van der Waals surface area contributed by atoms with Gasteiger partial charge in [0.25, 0.3) is 5.91 Å². The minimum atomic E-state index is -0.0458. The van der Waals surface area contributed by atoms with Crippen LogP contribution in [-0.2, 0) is 12.8 Å². The number of hydrogen-bond donors (Lipinski definition) is 2. The van der Waals surface area contributed by atoms with Gasteiger partial charge < -0.3 is 15.2 Å². The number of benzene rings is 1. The molecule has 5 heteroatoms.